The molecule has 3 rings (SSSR count). The fourth-order valence-electron chi connectivity index (χ4n) is 2.46. The standard InChI is InChI=1S/C20H17BrClNO2/c1-12(2)11-25-20(24)17-10-19(13-3-5-14(21)6-4-13)23-18-8-7-15(22)9-16(17)18/h3-10,12H,11H2,1-2H3. The molecule has 0 amide bonds. The molecule has 0 saturated heterocycles. The number of nitrogens with zero attached hydrogens (tertiary/aromatic N) is 1. The Morgan fingerprint density at radius 3 is 2.56 bits per heavy atom. The van der Waals surface area contributed by atoms with Crippen LogP contribution in [0, 0.1) is 5.92 Å². The first kappa shape index (κ1) is 17.9. The lowest BCUT2D eigenvalue weighted by Gasteiger charge is -2.11. The van der Waals surface area contributed by atoms with Crippen molar-refractivity contribution in [3.05, 3.63) is 63.6 Å². The Kier molecular flexibility index (Phi) is 5.40. The molecule has 0 saturated carbocycles. The number of rotatable bonds is 4. The maximum absolute atomic E-state index is 12.6. The van der Waals surface area contributed by atoms with Gasteiger partial charge in [-0.3, -0.25) is 0 Å². The number of hydrogen-bond acceptors (Lipinski definition) is 3. The minimum absolute atomic E-state index is 0.270. The summed E-state index contributed by atoms with van der Waals surface area (Å²) in [7, 11) is 0. The van der Waals surface area contributed by atoms with Crippen LogP contribution in [-0.4, -0.2) is 17.6 Å². The normalized spacial score (nSPS) is 11.1. The number of fused-ring (bicyclic) bond motifs is 1. The van der Waals surface area contributed by atoms with E-state index in [0.29, 0.717) is 28.1 Å². The van der Waals surface area contributed by atoms with E-state index >= 15 is 0 Å². The largest absolute Gasteiger partial charge is 0.462 e. The van der Waals surface area contributed by atoms with Gasteiger partial charge in [-0.15, -0.1) is 0 Å². The monoisotopic (exact) mass is 417 g/mol. The fourth-order valence-corrected chi connectivity index (χ4v) is 2.89. The quantitative estimate of drug-likeness (QED) is 0.478. The second-order valence-electron chi connectivity index (χ2n) is 6.22. The van der Waals surface area contributed by atoms with Crippen molar-refractivity contribution in [2.75, 3.05) is 6.61 Å². The third kappa shape index (κ3) is 4.20. The van der Waals surface area contributed by atoms with Crippen LogP contribution in [0.2, 0.25) is 5.02 Å². The van der Waals surface area contributed by atoms with Gasteiger partial charge in [0.1, 0.15) is 0 Å². The Labute approximate surface area is 160 Å². The van der Waals surface area contributed by atoms with E-state index in [2.05, 4.69) is 20.9 Å². The average molecular weight is 419 g/mol. The second kappa shape index (κ2) is 7.54. The van der Waals surface area contributed by atoms with Gasteiger partial charge in [-0.25, -0.2) is 9.78 Å². The molecule has 5 heteroatoms. The minimum atomic E-state index is -0.360. The summed E-state index contributed by atoms with van der Waals surface area (Å²) in [5.41, 5.74) is 2.84. The third-order valence-electron chi connectivity index (χ3n) is 3.68. The van der Waals surface area contributed by atoms with Crippen molar-refractivity contribution in [2.45, 2.75) is 13.8 Å². The minimum Gasteiger partial charge on any atom is -0.462 e. The lowest BCUT2D eigenvalue weighted by molar-refractivity contribution is 0.0461. The smallest absolute Gasteiger partial charge is 0.338 e. The molecule has 0 atom stereocenters. The van der Waals surface area contributed by atoms with E-state index in [1.807, 2.05) is 44.2 Å². The summed E-state index contributed by atoms with van der Waals surface area (Å²) >= 11 is 9.54. The maximum atomic E-state index is 12.6. The first-order valence-corrected chi connectivity index (χ1v) is 9.14. The van der Waals surface area contributed by atoms with E-state index in [9.17, 15) is 4.79 Å². The van der Waals surface area contributed by atoms with Crippen molar-refractivity contribution in [1.29, 1.82) is 0 Å². The number of pyridine rings is 1. The third-order valence-corrected chi connectivity index (χ3v) is 4.44. The highest BCUT2D eigenvalue weighted by atomic mass is 79.9. The molecule has 0 bridgehead atoms. The molecule has 0 aliphatic rings. The maximum Gasteiger partial charge on any atom is 0.338 e. The van der Waals surface area contributed by atoms with E-state index in [-0.39, 0.29) is 11.9 Å². The zero-order valence-corrected chi connectivity index (χ0v) is 16.3. The van der Waals surface area contributed by atoms with Gasteiger partial charge >= 0.3 is 5.97 Å². The van der Waals surface area contributed by atoms with Crippen LogP contribution in [0.15, 0.2) is 53.0 Å². The molecule has 0 aliphatic heterocycles. The van der Waals surface area contributed by atoms with Crippen LogP contribution in [0.3, 0.4) is 0 Å². The summed E-state index contributed by atoms with van der Waals surface area (Å²) in [5, 5.41) is 1.26. The summed E-state index contributed by atoms with van der Waals surface area (Å²) < 4.78 is 6.42. The van der Waals surface area contributed by atoms with Crippen LogP contribution in [-0.2, 0) is 4.74 Å². The highest BCUT2D eigenvalue weighted by Gasteiger charge is 2.16. The molecule has 25 heavy (non-hydrogen) atoms. The van der Waals surface area contributed by atoms with Gasteiger partial charge in [-0.2, -0.15) is 0 Å². The van der Waals surface area contributed by atoms with Gasteiger partial charge in [-0.05, 0) is 42.3 Å². The Bertz CT molecular complexity index is 923. The van der Waals surface area contributed by atoms with Crippen molar-refractivity contribution in [3.63, 3.8) is 0 Å². The molecule has 0 N–H and O–H groups in total. The van der Waals surface area contributed by atoms with Crippen LogP contribution < -0.4 is 0 Å². The molecular formula is C20H17BrClNO2. The summed E-state index contributed by atoms with van der Waals surface area (Å²) in [6, 6.07) is 14.9. The summed E-state index contributed by atoms with van der Waals surface area (Å²) in [6.07, 6.45) is 0. The fraction of sp³-hybridized carbons (Fsp3) is 0.200. The van der Waals surface area contributed by atoms with Crippen LogP contribution in [0.5, 0.6) is 0 Å². The Morgan fingerprint density at radius 2 is 1.88 bits per heavy atom. The molecule has 0 radical (unpaired) electrons. The van der Waals surface area contributed by atoms with Gasteiger partial charge in [0.05, 0.1) is 23.4 Å². The molecule has 2 aromatic carbocycles. The zero-order valence-electron chi connectivity index (χ0n) is 13.9. The van der Waals surface area contributed by atoms with Crippen LogP contribution >= 0.6 is 27.5 Å². The van der Waals surface area contributed by atoms with Crippen LogP contribution in [0.1, 0.15) is 24.2 Å². The molecule has 1 aromatic heterocycles. The first-order chi connectivity index (χ1) is 11.9. The predicted molar refractivity (Wildman–Crippen MR) is 105 cm³/mol. The van der Waals surface area contributed by atoms with E-state index in [0.717, 1.165) is 15.7 Å². The number of carbonyl (C=O) groups excluding carboxylic acids is 1. The Balaban J connectivity index is 2.13. The molecule has 0 spiro atoms. The summed E-state index contributed by atoms with van der Waals surface area (Å²) in [6.45, 7) is 4.38. The lowest BCUT2D eigenvalue weighted by atomic mass is 10.0. The molecule has 3 nitrogen and oxygen atoms in total. The summed E-state index contributed by atoms with van der Waals surface area (Å²) in [5.74, 6) is -0.0895. The molecule has 3 aromatic rings. The van der Waals surface area contributed by atoms with Crippen LogP contribution in [0.25, 0.3) is 22.2 Å². The first-order valence-electron chi connectivity index (χ1n) is 7.97. The predicted octanol–water partition coefficient (Wildman–Crippen LogP) is 6.13. The van der Waals surface area contributed by atoms with Crippen LogP contribution in [0.4, 0.5) is 0 Å². The number of carbonyl (C=O) groups is 1. The lowest BCUT2D eigenvalue weighted by Crippen LogP contribution is -2.11. The highest BCUT2D eigenvalue weighted by molar-refractivity contribution is 9.10. The van der Waals surface area contributed by atoms with Gasteiger partial charge < -0.3 is 4.74 Å². The zero-order chi connectivity index (χ0) is 18.0. The molecule has 128 valence electrons. The van der Waals surface area contributed by atoms with E-state index in [4.69, 9.17) is 16.3 Å². The summed E-state index contributed by atoms with van der Waals surface area (Å²) in [4.78, 5) is 17.3. The number of hydrogen-bond donors (Lipinski definition) is 0. The van der Waals surface area contributed by atoms with Crippen molar-refractivity contribution >= 4 is 44.4 Å². The van der Waals surface area contributed by atoms with Crippen molar-refractivity contribution in [2.24, 2.45) is 5.92 Å². The number of benzene rings is 2. The van der Waals surface area contributed by atoms with E-state index in [1.165, 1.54) is 0 Å². The highest BCUT2D eigenvalue weighted by Crippen LogP contribution is 2.28. The molecule has 1 heterocycles. The van der Waals surface area contributed by atoms with Gasteiger partial charge in [0.25, 0.3) is 0 Å². The van der Waals surface area contributed by atoms with Crippen molar-refractivity contribution < 1.29 is 9.53 Å². The molecular weight excluding hydrogens is 402 g/mol. The van der Waals surface area contributed by atoms with Gasteiger partial charge in [0.15, 0.2) is 0 Å². The molecule has 0 fully saturated rings. The topological polar surface area (TPSA) is 39.2 Å². The molecule has 0 aliphatic carbocycles. The van der Waals surface area contributed by atoms with Gasteiger partial charge in [0.2, 0.25) is 0 Å². The Hall–Kier alpha value is -1.91. The average Bonchev–Trinajstić information content (AvgIpc) is 2.59. The second-order valence-corrected chi connectivity index (χ2v) is 7.57. The Morgan fingerprint density at radius 1 is 1.16 bits per heavy atom. The number of esters is 1. The van der Waals surface area contributed by atoms with Gasteiger partial charge in [0, 0.05) is 20.4 Å². The SMILES string of the molecule is CC(C)COC(=O)c1cc(-c2ccc(Br)cc2)nc2ccc(Cl)cc12. The van der Waals surface area contributed by atoms with Crippen molar-refractivity contribution in [3.8, 4) is 11.3 Å². The van der Waals surface area contributed by atoms with Crippen molar-refractivity contribution in [1.82, 2.24) is 4.98 Å². The van der Waals surface area contributed by atoms with E-state index < -0.39 is 0 Å². The molecule has 0 unspecified atom stereocenters. The number of ether oxygens (including phenoxy) is 1. The van der Waals surface area contributed by atoms with E-state index in [1.54, 1.807) is 18.2 Å². The number of aromatic nitrogens is 1. The number of halogens is 2. The van der Waals surface area contributed by atoms with Gasteiger partial charge in [-0.1, -0.05) is 53.5 Å².